The third-order valence-corrected chi connectivity index (χ3v) is 3.91. The Morgan fingerprint density at radius 2 is 2.09 bits per heavy atom. The molecule has 0 saturated carbocycles. The van der Waals surface area contributed by atoms with Crippen molar-refractivity contribution in [1.82, 2.24) is 9.88 Å². The van der Waals surface area contributed by atoms with Crippen LogP contribution in [-0.2, 0) is 11.2 Å². The number of nitrogens with one attached hydrogen (secondary N) is 1. The molecule has 2 rings (SSSR count). The SMILES string of the molecule is CCCN(CCc1c[nH]c2ccc(OC(C)=O)cc12)C(C)C. The monoisotopic (exact) mass is 302 g/mol. The summed E-state index contributed by atoms with van der Waals surface area (Å²) in [4.78, 5) is 16.9. The number of benzene rings is 1. The fourth-order valence-electron chi connectivity index (χ4n) is 2.77. The number of carbonyl (C=O) groups is 1. The maximum Gasteiger partial charge on any atom is 0.308 e. The highest BCUT2D eigenvalue weighted by atomic mass is 16.5. The molecule has 0 bridgehead atoms. The summed E-state index contributed by atoms with van der Waals surface area (Å²) >= 11 is 0. The van der Waals surface area contributed by atoms with E-state index in [9.17, 15) is 4.79 Å². The Morgan fingerprint density at radius 3 is 2.73 bits per heavy atom. The molecule has 4 heteroatoms. The molecule has 0 aliphatic heterocycles. The molecule has 0 unspecified atom stereocenters. The van der Waals surface area contributed by atoms with Crippen molar-refractivity contribution in [3.63, 3.8) is 0 Å². The summed E-state index contributed by atoms with van der Waals surface area (Å²) < 4.78 is 5.19. The minimum absolute atomic E-state index is 0.287. The number of nitrogens with zero attached hydrogens (tertiary/aromatic N) is 1. The molecule has 0 spiro atoms. The van der Waals surface area contributed by atoms with Crippen molar-refractivity contribution in [1.29, 1.82) is 0 Å². The van der Waals surface area contributed by atoms with Crippen molar-refractivity contribution in [2.24, 2.45) is 0 Å². The van der Waals surface area contributed by atoms with Gasteiger partial charge in [-0.15, -0.1) is 0 Å². The summed E-state index contributed by atoms with van der Waals surface area (Å²) in [7, 11) is 0. The van der Waals surface area contributed by atoms with E-state index in [0.717, 1.165) is 30.4 Å². The van der Waals surface area contributed by atoms with Gasteiger partial charge in [-0.2, -0.15) is 0 Å². The maximum atomic E-state index is 11.1. The maximum absolute atomic E-state index is 11.1. The number of ether oxygens (including phenoxy) is 1. The van der Waals surface area contributed by atoms with E-state index in [2.05, 4.69) is 36.9 Å². The molecule has 22 heavy (non-hydrogen) atoms. The van der Waals surface area contributed by atoms with Gasteiger partial charge in [-0.05, 0) is 57.0 Å². The van der Waals surface area contributed by atoms with Gasteiger partial charge in [0.25, 0.3) is 0 Å². The molecule has 1 aromatic heterocycles. The van der Waals surface area contributed by atoms with Crippen LogP contribution in [0.4, 0.5) is 0 Å². The van der Waals surface area contributed by atoms with Crippen LogP contribution in [0.2, 0.25) is 0 Å². The molecule has 0 saturated heterocycles. The van der Waals surface area contributed by atoms with E-state index >= 15 is 0 Å². The van der Waals surface area contributed by atoms with Crippen LogP contribution in [-0.4, -0.2) is 35.0 Å². The molecular weight excluding hydrogens is 276 g/mol. The zero-order valence-corrected chi connectivity index (χ0v) is 14.0. The van der Waals surface area contributed by atoms with Crippen LogP contribution in [0, 0.1) is 0 Å². The Morgan fingerprint density at radius 1 is 1.32 bits per heavy atom. The van der Waals surface area contributed by atoms with E-state index < -0.39 is 0 Å². The van der Waals surface area contributed by atoms with Gasteiger partial charge in [0.05, 0.1) is 0 Å². The third kappa shape index (κ3) is 4.10. The molecule has 0 amide bonds. The number of H-pyrrole nitrogens is 1. The number of hydrogen-bond acceptors (Lipinski definition) is 3. The van der Waals surface area contributed by atoms with E-state index in [4.69, 9.17) is 4.74 Å². The Bertz CT molecular complexity index is 631. The van der Waals surface area contributed by atoms with Crippen LogP contribution in [0.15, 0.2) is 24.4 Å². The molecule has 0 fully saturated rings. The standard InChI is InChI=1S/C18H26N2O2/c1-5-9-20(13(2)3)10-8-15-12-19-18-7-6-16(11-17(15)18)22-14(4)21/h6-7,11-13,19H,5,8-10H2,1-4H3. The number of aromatic nitrogens is 1. The van der Waals surface area contributed by atoms with Crippen LogP contribution in [0.5, 0.6) is 5.75 Å². The predicted molar refractivity (Wildman–Crippen MR) is 90.3 cm³/mol. The van der Waals surface area contributed by atoms with E-state index in [1.165, 1.54) is 18.9 Å². The highest BCUT2D eigenvalue weighted by molar-refractivity contribution is 5.85. The van der Waals surface area contributed by atoms with Crippen molar-refractivity contribution >= 4 is 16.9 Å². The van der Waals surface area contributed by atoms with Crippen molar-refractivity contribution in [3.05, 3.63) is 30.0 Å². The van der Waals surface area contributed by atoms with Crippen LogP contribution in [0.1, 0.15) is 39.7 Å². The number of esters is 1. The molecule has 1 heterocycles. The van der Waals surface area contributed by atoms with Crippen molar-refractivity contribution in [3.8, 4) is 5.75 Å². The van der Waals surface area contributed by atoms with Crippen molar-refractivity contribution < 1.29 is 9.53 Å². The second-order valence-electron chi connectivity index (χ2n) is 5.99. The van der Waals surface area contributed by atoms with Gasteiger partial charge >= 0.3 is 5.97 Å². The van der Waals surface area contributed by atoms with Crippen molar-refractivity contribution in [2.75, 3.05) is 13.1 Å². The molecule has 4 nitrogen and oxygen atoms in total. The molecule has 1 aromatic carbocycles. The Kier molecular flexibility index (Phi) is 5.61. The molecule has 0 aliphatic carbocycles. The number of fused-ring (bicyclic) bond motifs is 1. The van der Waals surface area contributed by atoms with E-state index in [1.807, 2.05) is 18.2 Å². The Hall–Kier alpha value is -1.81. The first-order valence-corrected chi connectivity index (χ1v) is 8.03. The second kappa shape index (κ2) is 7.45. The highest BCUT2D eigenvalue weighted by Crippen LogP contribution is 2.24. The third-order valence-electron chi connectivity index (χ3n) is 3.91. The van der Waals surface area contributed by atoms with Crippen LogP contribution in [0.25, 0.3) is 10.9 Å². The van der Waals surface area contributed by atoms with Gasteiger partial charge in [0.2, 0.25) is 0 Å². The van der Waals surface area contributed by atoms with Gasteiger partial charge in [0.1, 0.15) is 5.75 Å². The molecule has 0 aliphatic rings. The summed E-state index contributed by atoms with van der Waals surface area (Å²) in [5, 5.41) is 1.14. The Labute approximate surface area is 132 Å². The number of carbonyl (C=O) groups excluding carboxylic acids is 1. The van der Waals surface area contributed by atoms with Gasteiger partial charge in [0, 0.05) is 36.6 Å². The predicted octanol–water partition coefficient (Wildman–Crippen LogP) is 3.76. The first-order valence-electron chi connectivity index (χ1n) is 8.03. The molecule has 1 N–H and O–H groups in total. The summed E-state index contributed by atoms with van der Waals surface area (Å²) in [6.45, 7) is 10.3. The fourth-order valence-corrected chi connectivity index (χ4v) is 2.77. The van der Waals surface area contributed by atoms with Gasteiger partial charge in [-0.3, -0.25) is 4.79 Å². The van der Waals surface area contributed by atoms with Gasteiger partial charge in [-0.25, -0.2) is 0 Å². The molecule has 2 aromatic rings. The summed E-state index contributed by atoms with van der Waals surface area (Å²) in [5.74, 6) is 0.320. The lowest BCUT2D eigenvalue weighted by Crippen LogP contribution is -2.33. The van der Waals surface area contributed by atoms with Gasteiger partial charge < -0.3 is 14.6 Å². The largest absolute Gasteiger partial charge is 0.427 e. The summed E-state index contributed by atoms with van der Waals surface area (Å²) in [6, 6.07) is 6.29. The zero-order valence-electron chi connectivity index (χ0n) is 14.0. The minimum Gasteiger partial charge on any atom is -0.427 e. The van der Waals surface area contributed by atoms with Crippen LogP contribution in [0.3, 0.4) is 0 Å². The van der Waals surface area contributed by atoms with Crippen LogP contribution < -0.4 is 4.74 Å². The van der Waals surface area contributed by atoms with E-state index in [0.29, 0.717) is 11.8 Å². The van der Waals surface area contributed by atoms with E-state index in [1.54, 1.807) is 0 Å². The van der Waals surface area contributed by atoms with Gasteiger partial charge in [0.15, 0.2) is 0 Å². The Balaban J connectivity index is 2.15. The summed E-state index contributed by atoms with van der Waals surface area (Å²) in [6.07, 6.45) is 4.22. The second-order valence-corrected chi connectivity index (χ2v) is 5.99. The molecule has 0 atom stereocenters. The quantitative estimate of drug-likeness (QED) is 0.626. The molecule has 0 radical (unpaired) electrons. The summed E-state index contributed by atoms with van der Waals surface area (Å²) in [5.41, 5.74) is 2.35. The number of aromatic amines is 1. The van der Waals surface area contributed by atoms with Crippen molar-refractivity contribution in [2.45, 2.75) is 46.6 Å². The normalized spacial score (nSPS) is 11.5. The molecule has 120 valence electrons. The first-order chi connectivity index (χ1) is 10.5. The van der Waals surface area contributed by atoms with Gasteiger partial charge in [-0.1, -0.05) is 6.92 Å². The minimum atomic E-state index is -0.287. The smallest absolute Gasteiger partial charge is 0.308 e. The fraction of sp³-hybridized carbons (Fsp3) is 0.500. The average molecular weight is 302 g/mol. The zero-order chi connectivity index (χ0) is 16.1. The number of hydrogen-bond donors (Lipinski definition) is 1. The topological polar surface area (TPSA) is 45.3 Å². The highest BCUT2D eigenvalue weighted by Gasteiger charge is 2.11. The number of rotatable bonds is 7. The van der Waals surface area contributed by atoms with Crippen LogP contribution >= 0.6 is 0 Å². The average Bonchev–Trinajstić information content (AvgIpc) is 2.85. The lowest BCUT2D eigenvalue weighted by molar-refractivity contribution is -0.131. The first kappa shape index (κ1) is 16.6. The van der Waals surface area contributed by atoms with E-state index in [-0.39, 0.29) is 5.97 Å². The lowest BCUT2D eigenvalue weighted by atomic mass is 10.1. The lowest BCUT2D eigenvalue weighted by Gasteiger charge is -2.25. The molecular formula is C18H26N2O2.